The van der Waals surface area contributed by atoms with Crippen molar-refractivity contribution < 1.29 is 9.53 Å². The molecule has 2 rings (SSSR count). The highest BCUT2D eigenvalue weighted by molar-refractivity contribution is 5.95. The van der Waals surface area contributed by atoms with Gasteiger partial charge in [0.25, 0.3) is 0 Å². The number of hydrogen-bond donors (Lipinski definition) is 0. The third kappa shape index (κ3) is 2.51. The van der Waals surface area contributed by atoms with E-state index in [9.17, 15) is 4.79 Å². The normalized spacial score (nSPS) is 14.5. The molecule has 0 spiro atoms. The zero-order valence-corrected chi connectivity index (χ0v) is 9.75. The molecule has 1 aromatic carbocycles. The summed E-state index contributed by atoms with van der Waals surface area (Å²) < 4.78 is 5.26. The van der Waals surface area contributed by atoms with Crippen molar-refractivity contribution in [3.8, 4) is 0 Å². The predicted octanol–water partition coefficient (Wildman–Crippen LogP) is 2.72. The number of carbonyl (C=O) groups excluding carboxylic acids is 1. The van der Waals surface area contributed by atoms with Crippen LogP contribution >= 0.6 is 0 Å². The highest BCUT2D eigenvalue weighted by Crippen LogP contribution is 2.15. The standard InChI is InChI=1S/C14H16O2/c1-10-6-11(2)8-12(7-10)9-13(15)14-4-3-5-16-14/h4,6-8H,3,5,9H2,1-2H3. The Labute approximate surface area is 95.9 Å². The lowest BCUT2D eigenvalue weighted by Crippen LogP contribution is -2.07. The molecule has 1 heterocycles. The number of aryl methyl sites for hydroxylation is 2. The van der Waals surface area contributed by atoms with Gasteiger partial charge in [-0.1, -0.05) is 29.3 Å². The molecule has 0 aromatic heterocycles. The van der Waals surface area contributed by atoms with Gasteiger partial charge >= 0.3 is 0 Å². The summed E-state index contributed by atoms with van der Waals surface area (Å²) in [4.78, 5) is 11.8. The summed E-state index contributed by atoms with van der Waals surface area (Å²) in [6.45, 7) is 4.74. The van der Waals surface area contributed by atoms with E-state index >= 15 is 0 Å². The monoisotopic (exact) mass is 216 g/mol. The number of ether oxygens (including phenoxy) is 1. The van der Waals surface area contributed by atoms with Crippen LogP contribution in [0.5, 0.6) is 0 Å². The molecule has 0 bridgehead atoms. The first-order valence-corrected chi connectivity index (χ1v) is 5.58. The smallest absolute Gasteiger partial charge is 0.201 e. The third-order valence-corrected chi connectivity index (χ3v) is 2.63. The van der Waals surface area contributed by atoms with E-state index in [0.717, 1.165) is 12.0 Å². The maximum Gasteiger partial charge on any atom is 0.201 e. The van der Waals surface area contributed by atoms with Crippen molar-refractivity contribution in [1.29, 1.82) is 0 Å². The number of allylic oxidation sites excluding steroid dienone is 1. The summed E-state index contributed by atoms with van der Waals surface area (Å²) >= 11 is 0. The molecule has 0 radical (unpaired) electrons. The largest absolute Gasteiger partial charge is 0.490 e. The Morgan fingerprint density at radius 2 is 1.94 bits per heavy atom. The van der Waals surface area contributed by atoms with Crippen LogP contribution in [-0.2, 0) is 16.0 Å². The Kier molecular flexibility index (Phi) is 3.09. The Balaban J connectivity index is 2.11. The van der Waals surface area contributed by atoms with Crippen molar-refractivity contribution in [2.45, 2.75) is 26.7 Å². The van der Waals surface area contributed by atoms with Gasteiger partial charge in [0.2, 0.25) is 5.78 Å². The average Bonchev–Trinajstić information content (AvgIpc) is 2.68. The van der Waals surface area contributed by atoms with Crippen LogP contribution in [0.4, 0.5) is 0 Å². The van der Waals surface area contributed by atoms with Crippen LogP contribution in [0, 0.1) is 13.8 Å². The number of rotatable bonds is 3. The van der Waals surface area contributed by atoms with Crippen LogP contribution < -0.4 is 0 Å². The first-order valence-electron chi connectivity index (χ1n) is 5.58. The molecule has 0 fully saturated rings. The fourth-order valence-electron chi connectivity index (χ4n) is 2.06. The van der Waals surface area contributed by atoms with E-state index in [1.165, 1.54) is 11.1 Å². The zero-order chi connectivity index (χ0) is 11.5. The van der Waals surface area contributed by atoms with Crippen molar-refractivity contribution >= 4 is 5.78 Å². The minimum atomic E-state index is 0.0856. The molecule has 2 heteroatoms. The molecule has 1 aromatic rings. The minimum Gasteiger partial charge on any atom is -0.490 e. The highest BCUT2D eigenvalue weighted by atomic mass is 16.5. The molecule has 0 unspecified atom stereocenters. The topological polar surface area (TPSA) is 26.3 Å². The van der Waals surface area contributed by atoms with E-state index in [-0.39, 0.29) is 5.78 Å². The number of hydrogen-bond acceptors (Lipinski definition) is 2. The molecule has 1 aliphatic rings. The molecule has 16 heavy (non-hydrogen) atoms. The molecule has 2 nitrogen and oxygen atoms in total. The second-order valence-corrected chi connectivity index (χ2v) is 4.30. The molecule has 0 atom stereocenters. The Bertz CT molecular complexity index is 424. The number of carbonyl (C=O) groups is 1. The van der Waals surface area contributed by atoms with Gasteiger partial charge in [-0.15, -0.1) is 0 Å². The van der Waals surface area contributed by atoms with E-state index in [1.54, 1.807) is 0 Å². The molecule has 0 N–H and O–H groups in total. The summed E-state index contributed by atoms with van der Waals surface area (Å²) in [6.07, 6.45) is 3.17. The van der Waals surface area contributed by atoms with E-state index in [2.05, 4.69) is 18.2 Å². The molecule has 0 saturated heterocycles. The number of benzene rings is 1. The molecular formula is C14H16O2. The van der Waals surface area contributed by atoms with Crippen LogP contribution in [-0.4, -0.2) is 12.4 Å². The molecular weight excluding hydrogens is 200 g/mol. The fraction of sp³-hybridized carbons (Fsp3) is 0.357. The van der Waals surface area contributed by atoms with Crippen molar-refractivity contribution in [2.75, 3.05) is 6.61 Å². The molecule has 0 amide bonds. The quantitative estimate of drug-likeness (QED) is 0.776. The first-order chi connectivity index (χ1) is 7.65. The third-order valence-electron chi connectivity index (χ3n) is 2.63. The summed E-state index contributed by atoms with van der Waals surface area (Å²) in [5.74, 6) is 0.627. The van der Waals surface area contributed by atoms with Crippen molar-refractivity contribution in [3.63, 3.8) is 0 Å². The maximum atomic E-state index is 11.8. The summed E-state index contributed by atoms with van der Waals surface area (Å²) in [5.41, 5.74) is 3.46. The second-order valence-electron chi connectivity index (χ2n) is 4.30. The summed E-state index contributed by atoms with van der Waals surface area (Å²) in [6, 6.07) is 6.22. The van der Waals surface area contributed by atoms with Crippen molar-refractivity contribution in [1.82, 2.24) is 0 Å². The fourth-order valence-corrected chi connectivity index (χ4v) is 2.06. The van der Waals surface area contributed by atoms with Gasteiger partial charge in [0.1, 0.15) is 0 Å². The van der Waals surface area contributed by atoms with Crippen molar-refractivity contribution in [2.24, 2.45) is 0 Å². The average molecular weight is 216 g/mol. The molecule has 84 valence electrons. The zero-order valence-electron chi connectivity index (χ0n) is 9.75. The Morgan fingerprint density at radius 1 is 1.25 bits per heavy atom. The van der Waals surface area contributed by atoms with Gasteiger partial charge in [0.15, 0.2) is 5.76 Å². The SMILES string of the molecule is Cc1cc(C)cc(CC(=O)C2=CCCO2)c1. The van der Waals surface area contributed by atoms with Crippen LogP contribution in [0.1, 0.15) is 23.1 Å². The summed E-state index contributed by atoms with van der Waals surface area (Å²) in [5, 5.41) is 0. The highest BCUT2D eigenvalue weighted by Gasteiger charge is 2.15. The van der Waals surface area contributed by atoms with Gasteiger partial charge < -0.3 is 4.74 Å². The molecule has 1 aliphatic heterocycles. The van der Waals surface area contributed by atoms with Gasteiger partial charge in [0.05, 0.1) is 6.61 Å². The van der Waals surface area contributed by atoms with E-state index < -0.39 is 0 Å². The van der Waals surface area contributed by atoms with Crippen LogP contribution in [0.2, 0.25) is 0 Å². The Morgan fingerprint density at radius 3 is 2.50 bits per heavy atom. The van der Waals surface area contributed by atoms with E-state index in [0.29, 0.717) is 18.8 Å². The van der Waals surface area contributed by atoms with Crippen molar-refractivity contribution in [3.05, 3.63) is 46.7 Å². The lowest BCUT2D eigenvalue weighted by Gasteiger charge is -2.05. The Hall–Kier alpha value is -1.57. The van der Waals surface area contributed by atoms with Gasteiger partial charge in [0, 0.05) is 12.8 Å². The van der Waals surface area contributed by atoms with Gasteiger partial charge in [-0.2, -0.15) is 0 Å². The van der Waals surface area contributed by atoms with Crippen LogP contribution in [0.3, 0.4) is 0 Å². The maximum absolute atomic E-state index is 11.8. The lowest BCUT2D eigenvalue weighted by atomic mass is 10.0. The van der Waals surface area contributed by atoms with Gasteiger partial charge in [-0.3, -0.25) is 4.79 Å². The molecule has 0 aliphatic carbocycles. The number of Topliss-reactive ketones (excluding diaryl/α,β-unsaturated/α-hetero) is 1. The van der Waals surface area contributed by atoms with E-state index in [4.69, 9.17) is 4.74 Å². The van der Waals surface area contributed by atoms with Crippen LogP contribution in [0.25, 0.3) is 0 Å². The minimum absolute atomic E-state index is 0.0856. The van der Waals surface area contributed by atoms with Crippen LogP contribution in [0.15, 0.2) is 30.0 Å². The first kappa shape index (κ1) is 10.9. The molecule has 0 saturated carbocycles. The van der Waals surface area contributed by atoms with Gasteiger partial charge in [-0.05, 0) is 25.5 Å². The summed E-state index contributed by atoms with van der Waals surface area (Å²) in [7, 11) is 0. The predicted molar refractivity (Wildman–Crippen MR) is 63.3 cm³/mol. The number of ketones is 1. The lowest BCUT2D eigenvalue weighted by molar-refractivity contribution is -0.117. The second kappa shape index (κ2) is 4.52. The van der Waals surface area contributed by atoms with Gasteiger partial charge in [-0.25, -0.2) is 0 Å². The van der Waals surface area contributed by atoms with E-state index in [1.807, 2.05) is 19.9 Å².